The van der Waals surface area contributed by atoms with Crippen molar-refractivity contribution in [3.05, 3.63) is 22.2 Å². The van der Waals surface area contributed by atoms with Gasteiger partial charge in [-0.2, -0.15) is 0 Å². The van der Waals surface area contributed by atoms with Crippen LogP contribution in [0.3, 0.4) is 0 Å². The Morgan fingerprint density at radius 1 is 1.59 bits per heavy atom. The van der Waals surface area contributed by atoms with Crippen LogP contribution in [0, 0.1) is 10.1 Å². The van der Waals surface area contributed by atoms with Crippen molar-refractivity contribution in [3.63, 3.8) is 0 Å². The number of ether oxygens (including phenoxy) is 1. The zero-order chi connectivity index (χ0) is 12.7. The highest BCUT2D eigenvalue weighted by molar-refractivity contribution is 5.59. The van der Waals surface area contributed by atoms with Gasteiger partial charge >= 0.3 is 5.69 Å². The second-order valence-corrected chi connectivity index (χ2v) is 3.34. The quantitative estimate of drug-likeness (QED) is 0.424. The van der Waals surface area contributed by atoms with Gasteiger partial charge in [0.2, 0.25) is 5.82 Å². The molecule has 0 bridgehead atoms. The Balaban J connectivity index is 2.56. The molecule has 7 heteroatoms. The van der Waals surface area contributed by atoms with E-state index in [0.29, 0.717) is 19.8 Å². The number of nitro groups is 1. The van der Waals surface area contributed by atoms with E-state index in [0.717, 1.165) is 6.42 Å². The summed E-state index contributed by atoms with van der Waals surface area (Å²) in [5.74, 6) is 0.453. The van der Waals surface area contributed by atoms with Gasteiger partial charge in [-0.25, -0.2) is 4.98 Å². The molecule has 1 rings (SSSR count). The van der Waals surface area contributed by atoms with E-state index in [2.05, 4.69) is 10.3 Å². The first kappa shape index (κ1) is 13.2. The molecule has 7 nitrogen and oxygen atoms in total. The molecule has 94 valence electrons. The van der Waals surface area contributed by atoms with Gasteiger partial charge in [-0.05, 0) is 19.4 Å². The van der Waals surface area contributed by atoms with Gasteiger partial charge in [0.15, 0.2) is 0 Å². The van der Waals surface area contributed by atoms with Crippen molar-refractivity contribution in [3.8, 4) is 0 Å². The molecule has 0 aliphatic rings. The number of hydrogen-bond acceptors (Lipinski definition) is 6. The molecule has 0 spiro atoms. The SMILES string of the molecule is CCOCCCNc1nc(N)ccc1[N+](=O)[O-]. The molecule has 3 N–H and O–H groups in total. The molecule has 0 saturated heterocycles. The van der Waals surface area contributed by atoms with Crippen LogP contribution in [0.2, 0.25) is 0 Å². The first-order chi connectivity index (χ1) is 8.15. The van der Waals surface area contributed by atoms with Gasteiger partial charge in [-0.1, -0.05) is 0 Å². The van der Waals surface area contributed by atoms with E-state index in [4.69, 9.17) is 10.5 Å². The number of anilines is 2. The van der Waals surface area contributed by atoms with Gasteiger partial charge < -0.3 is 15.8 Å². The lowest BCUT2D eigenvalue weighted by atomic mass is 10.3. The third-order valence-electron chi connectivity index (χ3n) is 2.05. The first-order valence-corrected chi connectivity index (χ1v) is 5.37. The van der Waals surface area contributed by atoms with Gasteiger partial charge in [0.1, 0.15) is 5.82 Å². The van der Waals surface area contributed by atoms with Crippen LogP contribution in [0.5, 0.6) is 0 Å². The van der Waals surface area contributed by atoms with E-state index < -0.39 is 4.92 Å². The minimum Gasteiger partial charge on any atom is -0.384 e. The maximum atomic E-state index is 10.7. The number of nitrogens with one attached hydrogen (secondary N) is 1. The number of hydrogen-bond donors (Lipinski definition) is 2. The average molecular weight is 240 g/mol. The lowest BCUT2D eigenvalue weighted by Crippen LogP contribution is -2.09. The van der Waals surface area contributed by atoms with Crippen molar-refractivity contribution >= 4 is 17.3 Å². The number of pyridine rings is 1. The molecule has 1 aromatic rings. The van der Waals surface area contributed by atoms with E-state index >= 15 is 0 Å². The summed E-state index contributed by atoms with van der Waals surface area (Å²) in [5.41, 5.74) is 5.41. The molecule has 0 aliphatic heterocycles. The van der Waals surface area contributed by atoms with Crippen LogP contribution in [0.1, 0.15) is 13.3 Å². The van der Waals surface area contributed by atoms with Crippen LogP contribution in [0.15, 0.2) is 12.1 Å². The Hall–Kier alpha value is -1.89. The summed E-state index contributed by atoms with van der Waals surface area (Å²) in [5, 5.41) is 13.6. The zero-order valence-corrected chi connectivity index (χ0v) is 9.68. The lowest BCUT2D eigenvalue weighted by molar-refractivity contribution is -0.384. The van der Waals surface area contributed by atoms with Crippen molar-refractivity contribution in [1.82, 2.24) is 4.98 Å². The molecule has 1 aromatic heterocycles. The molecule has 0 fully saturated rings. The Bertz CT molecular complexity index is 384. The van der Waals surface area contributed by atoms with E-state index in [1.54, 1.807) is 0 Å². The van der Waals surface area contributed by atoms with E-state index in [-0.39, 0.29) is 17.3 Å². The number of nitrogens with two attached hydrogens (primary N) is 1. The molecule has 0 aromatic carbocycles. The molecule has 0 aliphatic carbocycles. The topological polar surface area (TPSA) is 103 Å². The van der Waals surface area contributed by atoms with Crippen molar-refractivity contribution in [2.45, 2.75) is 13.3 Å². The summed E-state index contributed by atoms with van der Waals surface area (Å²) in [6.07, 6.45) is 0.751. The fourth-order valence-electron chi connectivity index (χ4n) is 1.27. The monoisotopic (exact) mass is 240 g/mol. The lowest BCUT2D eigenvalue weighted by Gasteiger charge is -2.06. The van der Waals surface area contributed by atoms with Gasteiger partial charge in [-0.15, -0.1) is 0 Å². The Morgan fingerprint density at radius 2 is 2.35 bits per heavy atom. The molecule has 1 heterocycles. The minimum atomic E-state index is -0.489. The van der Waals surface area contributed by atoms with Crippen LogP contribution in [-0.2, 0) is 4.74 Å². The highest BCUT2D eigenvalue weighted by atomic mass is 16.6. The van der Waals surface area contributed by atoms with Crippen LogP contribution in [0.4, 0.5) is 17.3 Å². The predicted molar refractivity (Wildman–Crippen MR) is 64.9 cm³/mol. The fraction of sp³-hybridized carbons (Fsp3) is 0.500. The summed E-state index contributed by atoms with van der Waals surface area (Å²) < 4.78 is 5.15. The summed E-state index contributed by atoms with van der Waals surface area (Å²) >= 11 is 0. The second kappa shape index (κ2) is 6.64. The van der Waals surface area contributed by atoms with Crippen molar-refractivity contribution in [1.29, 1.82) is 0 Å². The fourth-order valence-corrected chi connectivity index (χ4v) is 1.27. The molecule has 0 amide bonds. The third-order valence-corrected chi connectivity index (χ3v) is 2.05. The molecular formula is C10H16N4O3. The third kappa shape index (κ3) is 4.23. The van der Waals surface area contributed by atoms with E-state index in [1.807, 2.05) is 6.92 Å². The summed E-state index contributed by atoms with van der Waals surface area (Å²) in [6.45, 7) is 3.74. The predicted octanol–water partition coefficient (Wildman–Crippen LogP) is 1.41. The molecule has 17 heavy (non-hydrogen) atoms. The number of nitrogens with zero attached hydrogens (tertiary/aromatic N) is 2. The average Bonchev–Trinajstić information content (AvgIpc) is 2.28. The van der Waals surface area contributed by atoms with Gasteiger partial charge in [-0.3, -0.25) is 10.1 Å². The van der Waals surface area contributed by atoms with Gasteiger partial charge in [0, 0.05) is 25.8 Å². The largest absolute Gasteiger partial charge is 0.384 e. The number of aromatic nitrogens is 1. The second-order valence-electron chi connectivity index (χ2n) is 3.34. The molecule has 0 unspecified atom stereocenters. The Morgan fingerprint density at radius 3 is 3.00 bits per heavy atom. The van der Waals surface area contributed by atoms with E-state index in [9.17, 15) is 10.1 Å². The van der Waals surface area contributed by atoms with Crippen molar-refractivity contribution in [2.75, 3.05) is 30.8 Å². The smallest absolute Gasteiger partial charge is 0.311 e. The van der Waals surface area contributed by atoms with Gasteiger partial charge in [0.05, 0.1) is 4.92 Å². The highest BCUT2D eigenvalue weighted by Crippen LogP contribution is 2.22. The first-order valence-electron chi connectivity index (χ1n) is 5.37. The number of rotatable bonds is 7. The summed E-state index contributed by atoms with van der Waals surface area (Å²) in [4.78, 5) is 14.1. The zero-order valence-electron chi connectivity index (χ0n) is 9.68. The maximum absolute atomic E-state index is 10.7. The normalized spacial score (nSPS) is 10.2. The summed E-state index contributed by atoms with van der Waals surface area (Å²) in [7, 11) is 0. The molecular weight excluding hydrogens is 224 g/mol. The molecule has 0 radical (unpaired) electrons. The van der Waals surface area contributed by atoms with E-state index in [1.165, 1.54) is 12.1 Å². The highest BCUT2D eigenvalue weighted by Gasteiger charge is 2.14. The molecule has 0 saturated carbocycles. The van der Waals surface area contributed by atoms with Crippen LogP contribution >= 0.6 is 0 Å². The van der Waals surface area contributed by atoms with Crippen LogP contribution in [0.25, 0.3) is 0 Å². The standard InChI is InChI=1S/C10H16N4O3/c1-2-17-7-3-6-12-10-8(14(15)16)4-5-9(11)13-10/h4-5H,2-3,6-7H2,1H3,(H3,11,12,13). The number of nitrogen functional groups attached to an aromatic ring is 1. The van der Waals surface area contributed by atoms with Gasteiger partial charge in [0.25, 0.3) is 0 Å². The summed E-state index contributed by atoms with van der Waals surface area (Å²) in [6, 6.07) is 2.75. The maximum Gasteiger partial charge on any atom is 0.311 e. The Kier molecular flexibility index (Phi) is 5.15. The molecule has 0 atom stereocenters. The van der Waals surface area contributed by atoms with Crippen LogP contribution < -0.4 is 11.1 Å². The minimum absolute atomic E-state index is 0.0735. The van der Waals surface area contributed by atoms with Crippen molar-refractivity contribution in [2.24, 2.45) is 0 Å². The van der Waals surface area contributed by atoms with Crippen LogP contribution in [-0.4, -0.2) is 29.7 Å². The van der Waals surface area contributed by atoms with Crippen molar-refractivity contribution < 1.29 is 9.66 Å². The Labute approximate surface area is 99.1 Å².